The maximum atomic E-state index is 12.0. The number of fused-ring (bicyclic) bond motifs is 1. The third-order valence-electron chi connectivity index (χ3n) is 4.32. The van der Waals surface area contributed by atoms with Crippen LogP contribution in [0.25, 0.3) is 6.08 Å². The molecule has 0 spiro atoms. The summed E-state index contributed by atoms with van der Waals surface area (Å²) in [4.78, 5) is 14.2. The summed E-state index contributed by atoms with van der Waals surface area (Å²) in [5, 5.41) is 0. The first-order valence-electron chi connectivity index (χ1n) is 7.98. The minimum atomic E-state index is -0.334. The van der Waals surface area contributed by atoms with Gasteiger partial charge >= 0.3 is 0 Å². The van der Waals surface area contributed by atoms with Crippen LogP contribution in [0.4, 0.5) is 0 Å². The highest BCUT2D eigenvalue weighted by Gasteiger charge is 2.31. The third kappa shape index (κ3) is 3.51. The number of hydrogen-bond acceptors (Lipinski definition) is 2. The van der Waals surface area contributed by atoms with Crippen LogP contribution in [0.5, 0.6) is 0 Å². The van der Waals surface area contributed by atoms with Crippen molar-refractivity contribution >= 4 is 12.0 Å². The molecule has 118 valence electrons. The number of benzene rings is 2. The number of nitrogens with two attached hydrogens (primary N) is 1. The van der Waals surface area contributed by atoms with Crippen molar-refractivity contribution in [3.8, 4) is 0 Å². The zero-order valence-corrected chi connectivity index (χ0v) is 13.4. The lowest BCUT2D eigenvalue weighted by Crippen LogP contribution is -2.43. The lowest BCUT2D eigenvalue weighted by Gasteiger charge is -2.35. The fraction of sp³-hybridized carbons (Fsp3) is 0.250. The molecule has 0 aliphatic carbocycles. The number of carbonyl (C=O) groups is 1. The summed E-state index contributed by atoms with van der Waals surface area (Å²) in [6, 6.07) is 18.0. The Morgan fingerprint density at radius 1 is 1.17 bits per heavy atom. The van der Waals surface area contributed by atoms with Crippen LogP contribution < -0.4 is 5.73 Å². The molecule has 23 heavy (non-hydrogen) atoms. The zero-order valence-electron chi connectivity index (χ0n) is 13.4. The van der Waals surface area contributed by atoms with Crippen LogP contribution >= 0.6 is 0 Å². The molecule has 0 aromatic heterocycles. The van der Waals surface area contributed by atoms with Gasteiger partial charge in [0.2, 0.25) is 5.91 Å². The van der Waals surface area contributed by atoms with Gasteiger partial charge in [0.25, 0.3) is 0 Å². The second-order valence-electron chi connectivity index (χ2n) is 6.13. The van der Waals surface area contributed by atoms with Gasteiger partial charge < -0.3 is 5.73 Å². The number of nitrogens with zero attached hydrogens (tertiary/aromatic N) is 1. The Morgan fingerprint density at radius 3 is 2.61 bits per heavy atom. The van der Waals surface area contributed by atoms with Gasteiger partial charge in [-0.1, -0.05) is 66.2 Å². The van der Waals surface area contributed by atoms with E-state index in [4.69, 9.17) is 5.73 Å². The Balaban J connectivity index is 1.82. The van der Waals surface area contributed by atoms with Crippen LogP contribution in [0.15, 0.2) is 60.2 Å². The molecule has 1 unspecified atom stereocenters. The Kier molecular flexibility index (Phi) is 4.58. The summed E-state index contributed by atoms with van der Waals surface area (Å²) in [7, 11) is 0. The van der Waals surface area contributed by atoms with Crippen molar-refractivity contribution in [2.75, 3.05) is 13.1 Å². The number of hydrogen-bond donors (Lipinski definition) is 1. The molecule has 2 aromatic carbocycles. The van der Waals surface area contributed by atoms with Crippen LogP contribution in [-0.4, -0.2) is 23.9 Å². The predicted molar refractivity (Wildman–Crippen MR) is 93.7 cm³/mol. The molecule has 0 saturated heterocycles. The van der Waals surface area contributed by atoms with E-state index in [9.17, 15) is 4.79 Å². The first kappa shape index (κ1) is 15.5. The van der Waals surface area contributed by atoms with E-state index in [1.165, 1.54) is 16.7 Å². The normalized spacial score (nSPS) is 18.5. The van der Waals surface area contributed by atoms with E-state index in [-0.39, 0.29) is 11.9 Å². The Labute approximate surface area is 137 Å². The van der Waals surface area contributed by atoms with Crippen molar-refractivity contribution in [1.29, 1.82) is 0 Å². The number of primary amides is 1. The minimum Gasteiger partial charge on any atom is -0.368 e. The summed E-state index contributed by atoms with van der Waals surface area (Å²) >= 11 is 0. The average Bonchev–Trinajstić information content (AvgIpc) is 2.55. The molecule has 1 heterocycles. The number of carbonyl (C=O) groups excluding carboxylic acids is 1. The SMILES string of the molecule is C/C(=C\c1ccccc1)CN1CCc2ccccc2C1C(N)=O. The Morgan fingerprint density at radius 2 is 1.87 bits per heavy atom. The van der Waals surface area contributed by atoms with E-state index in [1.54, 1.807) is 0 Å². The molecule has 0 fully saturated rings. The lowest BCUT2D eigenvalue weighted by atomic mass is 9.91. The van der Waals surface area contributed by atoms with Crippen molar-refractivity contribution in [3.63, 3.8) is 0 Å². The van der Waals surface area contributed by atoms with Gasteiger partial charge in [0, 0.05) is 13.1 Å². The molecular weight excluding hydrogens is 284 g/mol. The van der Waals surface area contributed by atoms with Gasteiger partial charge in [-0.3, -0.25) is 9.69 Å². The van der Waals surface area contributed by atoms with Gasteiger partial charge in [-0.15, -0.1) is 0 Å². The molecule has 1 amide bonds. The first-order valence-corrected chi connectivity index (χ1v) is 7.98. The van der Waals surface area contributed by atoms with Crippen LogP contribution in [0.2, 0.25) is 0 Å². The summed E-state index contributed by atoms with van der Waals surface area (Å²) in [5.41, 5.74) is 10.4. The number of amides is 1. The van der Waals surface area contributed by atoms with E-state index < -0.39 is 0 Å². The summed E-state index contributed by atoms with van der Waals surface area (Å²) in [6.45, 7) is 3.70. The fourth-order valence-corrected chi connectivity index (χ4v) is 3.32. The smallest absolute Gasteiger partial charge is 0.239 e. The van der Waals surface area contributed by atoms with Crippen LogP contribution in [0.3, 0.4) is 0 Å². The summed E-state index contributed by atoms with van der Waals surface area (Å²) in [5.74, 6) is -0.273. The van der Waals surface area contributed by atoms with Gasteiger partial charge in [0.1, 0.15) is 6.04 Å². The molecular formula is C20H22N2O. The van der Waals surface area contributed by atoms with Gasteiger partial charge in [-0.25, -0.2) is 0 Å². The quantitative estimate of drug-likeness (QED) is 0.943. The molecule has 0 bridgehead atoms. The van der Waals surface area contributed by atoms with Crippen LogP contribution in [0.1, 0.15) is 29.7 Å². The molecule has 1 aliphatic heterocycles. The molecule has 0 saturated carbocycles. The fourth-order valence-electron chi connectivity index (χ4n) is 3.32. The summed E-state index contributed by atoms with van der Waals surface area (Å²) < 4.78 is 0. The molecule has 0 radical (unpaired) electrons. The molecule has 1 aliphatic rings. The van der Waals surface area contributed by atoms with E-state index >= 15 is 0 Å². The van der Waals surface area contributed by atoms with Crippen LogP contribution in [-0.2, 0) is 11.2 Å². The predicted octanol–water partition coefficient (Wildman–Crippen LogP) is 3.17. The van der Waals surface area contributed by atoms with Crippen molar-refractivity contribution in [1.82, 2.24) is 4.90 Å². The van der Waals surface area contributed by atoms with E-state index in [1.807, 2.05) is 36.4 Å². The molecule has 3 heteroatoms. The standard InChI is InChI=1S/C20H22N2O/c1-15(13-16-7-3-2-4-8-16)14-22-12-11-17-9-5-6-10-18(17)19(22)20(21)23/h2-10,13,19H,11-12,14H2,1H3,(H2,21,23)/b15-13+. The van der Waals surface area contributed by atoms with E-state index in [2.05, 4.69) is 36.1 Å². The van der Waals surface area contributed by atoms with Crippen molar-refractivity contribution < 1.29 is 4.79 Å². The monoisotopic (exact) mass is 306 g/mol. The Bertz CT molecular complexity index is 721. The molecule has 1 atom stereocenters. The average molecular weight is 306 g/mol. The van der Waals surface area contributed by atoms with Crippen molar-refractivity contribution in [3.05, 3.63) is 76.9 Å². The van der Waals surface area contributed by atoms with Gasteiger partial charge in [0.05, 0.1) is 0 Å². The maximum absolute atomic E-state index is 12.0. The topological polar surface area (TPSA) is 46.3 Å². The highest BCUT2D eigenvalue weighted by atomic mass is 16.1. The van der Waals surface area contributed by atoms with Crippen molar-refractivity contribution in [2.24, 2.45) is 5.73 Å². The largest absolute Gasteiger partial charge is 0.368 e. The van der Waals surface area contributed by atoms with E-state index in [0.717, 1.165) is 25.1 Å². The zero-order chi connectivity index (χ0) is 16.2. The second kappa shape index (κ2) is 6.80. The second-order valence-corrected chi connectivity index (χ2v) is 6.13. The molecule has 3 rings (SSSR count). The Hall–Kier alpha value is -2.39. The highest BCUT2D eigenvalue weighted by molar-refractivity contribution is 5.82. The molecule has 2 N–H and O–H groups in total. The van der Waals surface area contributed by atoms with Crippen LogP contribution in [0, 0.1) is 0 Å². The highest BCUT2D eigenvalue weighted by Crippen LogP contribution is 2.30. The summed E-state index contributed by atoms with van der Waals surface area (Å²) in [6.07, 6.45) is 3.12. The molecule has 3 nitrogen and oxygen atoms in total. The maximum Gasteiger partial charge on any atom is 0.239 e. The first-order chi connectivity index (χ1) is 11.1. The van der Waals surface area contributed by atoms with Gasteiger partial charge in [0.15, 0.2) is 0 Å². The van der Waals surface area contributed by atoms with Gasteiger partial charge in [-0.05, 0) is 30.0 Å². The number of rotatable bonds is 4. The third-order valence-corrected chi connectivity index (χ3v) is 4.32. The minimum absolute atomic E-state index is 0.273. The van der Waals surface area contributed by atoms with Crippen molar-refractivity contribution in [2.45, 2.75) is 19.4 Å². The lowest BCUT2D eigenvalue weighted by molar-refractivity contribution is -0.123. The molecule has 2 aromatic rings. The van der Waals surface area contributed by atoms with E-state index in [0.29, 0.717) is 0 Å². The van der Waals surface area contributed by atoms with Gasteiger partial charge in [-0.2, -0.15) is 0 Å².